The lowest BCUT2D eigenvalue weighted by molar-refractivity contribution is -0.138. The molecule has 6 heteroatoms. The topological polar surface area (TPSA) is 26.3 Å². The number of alkyl halides is 3. The Labute approximate surface area is 115 Å². The number of carbonyl (C=O) groups excluding carboxylic acids is 1. The summed E-state index contributed by atoms with van der Waals surface area (Å²) in [5.74, 6) is -0.727. The lowest BCUT2D eigenvalue weighted by Crippen LogP contribution is -2.15. The lowest BCUT2D eigenvalue weighted by Gasteiger charge is -2.18. The van der Waals surface area contributed by atoms with Crippen molar-refractivity contribution in [2.45, 2.75) is 39.3 Å². The third-order valence-corrected chi connectivity index (χ3v) is 3.06. The van der Waals surface area contributed by atoms with Crippen LogP contribution in [0.4, 0.5) is 13.2 Å². The minimum absolute atomic E-state index is 0.154. The van der Waals surface area contributed by atoms with E-state index in [1.54, 1.807) is 6.92 Å². The minimum atomic E-state index is -4.42. The summed E-state index contributed by atoms with van der Waals surface area (Å²) < 4.78 is 43.1. The predicted octanol–water partition coefficient (Wildman–Crippen LogP) is 4.22. The van der Waals surface area contributed by atoms with E-state index in [0.717, 1.165) is 12.1 Å². The van der Waals surface area contributed by atoms with Gasteiger partial charge in [-0.15, -0.1) is 0 Å². The monoisotopic (exact) mass is 292 g/mol. The maximum absolute atomic E-state index is 12.9. The number of thiol groups is 1. The van der Waals surface area contributed by atoms with Gasteiger partial charge in [-0.05, 0) is 36.1 Å². The van der Waals surface area contributed by atoms with Crippen molar-refractivity contribution in [2.75, 3.05) is 0 Å². The molecule has 0 N–H and O–H groups in total. The van der Waals surface area contributed by atoms with Crippen LogP contribution in [0.25, 0.3) is 0 Å². The van der Waals surface area contributed by atoms with Crippen molar-refractivity contribution in [3.8, 4) is 0 Å². The van der Waals surface area contributed by atoms with Crippen LogP contribution in [0.2, 0.25) is 0 Å². The highest BCUT2D eigenvalue weighted by molar-refractivity contribution is 7.75. The molecule has 0 aliphatic heterocycles. The zero-order chi connectivity index (χ0) is 14.6. The molecule has 0 spiro atoms. The first-order valence-electron chi connectivity index (χ1n) is 5.94. The van der Waals surface area contributed by atoms with E-state index in [1.807, 2.05) is 6.92 Å². The molecule has 0 unspecified atom stereocenters. The molecule has 1 aromatic rings. The van der Waals surface area contributed by atoms with Crippen molar-refractivity contribution in [3.05, 3.63) is 34.4 Å². The molecule has 2 nitrogen and oxygen atoms in total. The van der Waals surface area contributed by atoms with Crippen molar-refractivity contribution >= 4 is 18.9 Å². The number of benzene rings is 1. The Kier molecular flexibility index (Phi) is 5.29. The number of hydrogen-bond donors (Lipinski definition) is 1. The molecule has 0 saturated carbocycles. The highest BCUT2D eigenvalue weighted by Gasteiger charge is 2.34. The van der Waals surface area contributed by atoms with Gasteiger partial charge in [0.15, 0.2) is 0 Å². The molecule has 0 aromatic heterocycles. The Morgan fingerprint density at radius 3 is 2.32 bits per heavy atom. The van der Waals surface area contributed by atoms with E-state index < -0.39 is 17.7 Å². The van der Waals surface area contributed by atoms with Crippen molar-refractivity contribution in [1.82, 2.24) is 0 Å². The van der Waals surface area contributed by atoms with Gasteiger partial charge in [-0.25, -0.2) is 4.79 Å². The maximum Gasteiger partial charge on any atom is 0.416 e. The van der Waals surface area contributed by atoms with Gasteiger partial charge < -0.3 is 4.18 Å². The molecule has 0 heterocycles. The molecule has 0 atom stereocenters. The van der Waals surface area contributed by atoms with Crippen molar-refractivity contribution in [3.63, 3.8) is 0 Å². The molecule has 0 aliphatic rings. The summed E-state index contributed by atoms with van der Waals surface area (Å²) in [5.41, 5.74) is 0.0281. The highest BCUT2D eigenvalue weighted by Crippen LogP contribution is 2.35. The predicted molar refractivity (Wildman–Crippen MR) is 69.2 cm³/mol. The molecular formula is C13H15F3O2S. The van der Waals surface area contributed by atoms with Crippen LogP contribution in [0.5, 0.6) is 0 Å². The second-order valence-corrected chi connectivity index (χ2v) is 4.28. The average molecular weight is 292 g/mol. The van der Waals surface area contributed by atoms with Crippen LogP contribution >= 0.6 is 12.9 Å². The van der Waals surface area contributed by atoms with Crippen LogP contribution in [-0.4, -0.2) is 5.97 Å². The van der Waals surface area contributed by atoms with Gasteiger partial charge in [0.1, 0.15) is 0 Å². The molecule has 0 amide bonds. The number of hydrogen-bond acceptors (Lipinski definition) is 3. The van der Waals surface area contributed by atoms with Crippen molar-refractivity contribution in [2.24, 2.45) is 0 Å². The van der Waals surface area contributed by atoms with Gasteiger partial charge in [0.05, 0.1) is 11.1 Å². The van der Waals surface area contributed by atoms with Crippen molar-refractivity contribution < 1.29 is 22.1 Å². The van der Waals surface area contributed by atoms with Crippen LogP contribution in [0.3, 0.4) is 0 Å². The molecule has 1 rings (SSSR count). The number of carbonyl (C=O) groups is 1. The van der Waals surface area contributed by atoms with Crippen LogP contribution < -0.4 is 0 Å². The Morgan fingerprint density at radius 1 is 1.26 bits per heavy atom. The number of halogens is 3. The fourth-order valence-corrected chi connectivity index (χ4v) is 2.24. The Morgan fingerprint density at radius 2 is 1.89 bits per heavy atom. The summed E-state index contributed by atoms with van der Waals surface area (Å²) in [6.07, 6.45) is -3.18. The molecule has 0 radical (unpaired) electrons. The third kappa shape index (κ3) is 3.43. The lowest BCUT2D eigenvalue weighted by atomic mass is 9.91. The summed E-state index contributed by atoms with van der Waals surface area (Å²) in [6, 6.07) is 2.09. The van der Waals surface area contributed by atoms with Gasteiger partial charge >= 0.3 is 12.1 Å². The van der Waals surface area contributed by atoms with Crippen molar-refractivity contribution in [1.29, 1.82) is 0 Å². The van der Waals surface area contributed by atoms with Gasteiger partial charge in [-0.3, -0.25) is 0 Å². The van der Waals surface area contributed by atoms with E-state index in [4.69, 9.17) is 0 Å². The van der Waals surface area contributed by atoms with E-state index in [0.29, 0.717) is 18.4 Å². The van der Waals surface area contributed by atoms with Crippen LogP contribution in [0, 0.1) is 0 Å². The quantitative estimate of drug-likeness (QED) is 0.664. The second-order valence-electron chi connectivity index (χ2n) is 4.10. The molecule has 0 aliphatic carbocycles. The summed E-state index contributed by atoms with van der Waals surface area (Å²) in [4.78, 5) is 11.6. The Bertz CT molecular complexity index is 470. The van der Waals surface area contributed by atoms with Crippen LogP contribution in [0.15, 0.2) is 12.1 Å². The van der Waals surface area contributed by atoms with E-state index >= 15 is 0 Å². The third-order valence-electron chi connectivity index (χ3n) is 2.89. The van der Waals surface area contributed by atoms with Gasteiger partial charge in [-0.2, -0.15) is 13.2 Å². The first-order chi connectivity index (χ1) is 8.86. The highest BCUT2D eigenvalue weighted by atomic mass is 32.1. The van der Waals surface area contributed by atoms with E-state index in [1.165, 1.54) is 0 Å². The van der Waals surface area contributed by atoms with Gasteiger partial charge in [0.25, 0.3) is 0 Å². The summed E-state index contributed by atoms with van der Waals surface area (Å²) >= 11 is 3.42. The van der Waals surface area contributed by atoms with Gasteiger partial charge in [0, 0.05) is 12.9 Å². The first kappa shape index (κ1) is 15.9. The van der Waals surface area contributed by atoms with Crippen LogP contribution in [0.1, 0.15) is 47.3 Å². The summed E-state index contributed by atoms with van der Waals surface area (Å²) in [6.45, 7) is 3.48. The molecule has 0 saturated heterocycles. The van der Waals surface area contributed by atoms with E-state index in [2.05, 4.69) is 17.1 Å². The Balaban J connectivity index is 3.51. The standard InChI is InChI=1S/C13H15F3O2S/c1-3-5-9-8(4-2)11(13(14,15)16)7-6-10(9)12(17)18-19/h6-7,19H,3-5H2,1-2H3. The summed E-state index contributed by atoms with van der Waals surface area (Å²) in [7, 11) is 0. The molecule has 19 heavy (non-hydrogen) atoms. The molecule has 0 bridgehead atoms. The summed E-state index contributed by atoms with van der Waals surface area (Å²) in [5, 5.41) is 0. The van der Waals surface area contributed by atoms with Gasteiger partial charge in [-0.1, -0.05) is 20.3 Å². The van der Waals surface area contributed by atoms with E-state index in [9.17, 15) is 18.0 Å². The second kappa shape index (κ2) is 6.32. The smallest absolute Gasteiger partial charge is 0.391 e. The fourth-order valence-electron chi connectivity index (χ4n) is 2.14. The average Bonchev–Trinajstić information content (AvgIpc) is 2.36. The Hall–Kier alpha value is -1.17. The SMILES string of the molecule is CCCc1c(C(=O)OS)ccc(C(F)(F)F)c1CC. The molecule has 0 fully saturated rings. The zero-order valence-electron chi connectivity index (χ0n) is 10.7. The fraction of sp³-hybridized carbons (Fsp3) is 0.462. The normalized spacial score (nSPS) is 11.5. The largest absolute Gasteiger partial charge is 0.416 e. The maximum atomic E-state index is 12.9. The molecule has 1 aromatic carbocycles. The van der Waals surface area contributed by atoms with Crippen LogP contribution in [-0.2, 0) is 23.2 Å². The van der Waals surface area contributed by atoms with Gasteiger partial charge in [0.2, 0.25) is 0 Å². The molecular weight excluding hydrogens is 277 g/mol. The first-order valence-corrected chi connectivity index (χ1v) is 6.30. The zero-order valence-corrected chi connectivity index (χ0v) is 11.6. The minimum Gasteiger partial charge on any atom is -0.391 e. The number of rotatable bonds is 4. The van der Waals surface area contributed by atoms with E-state index in [-0.39, 0.29) is 17.5 Å². The molecule has 106 valence electrons.